The van der Waals surface area contributed by atoms with E-state index in [-0.39, 0.29) is 0 Å². The number of aliphatic carboxylic acids is 2. The summed E-state index contributed by atoms with van der Waals surface area (Å²) in [4.78, 5) is 21.1. The van der Waals surface area contributed by atoms with Crippen molar-refractivity contribution < 1.29 is 19.8 Å². The van der Waals surface area contributed by atoms with Gasteiger partial charge < -0.3 is 30.9 Å². The number of hydrogen-bond donors (Lipinski definition) is 2. The molecule has 1 atom stereocenters. The molecule has 0 aliphatic carbocycles. The number of nitrogens with two attached hydrogens (primary N) is 1. The molecule has 1 aromatic rings. The number of nitrogens with one attached hydrogen (secondary N) is 1. The monoisotopic (exact) mass is 236 g/mol. The van der Waals surface area contributed by atoms with Gasteiger partial charge in [-0.15, -0.1) is 0 Å². The van der Waals surface area contributed by atoms with Crippen LogP contribution in [0.1, 0.15) is 12.0 Å². The molecule has 0 saturated heterocycles. The van der Waals surface area contributed by atoms with Gasteiger partial charge in [0.05, 0.1) is 12.0 Å². The summed E-state index contributed by atoms with van der Waals surface area (Å²) in [5.41, 5.74) is 7.29. The number of carboxylic acids is 2. The van der Waals surface area contributed by atoms with E-state index < -0.39 is 24.4 Å². The van der Waals surface area contributed by atoms with Crippen molar-refractivity contribution >= 4 is 23.3 Å². The highest BCUT2D eigenvalue weighted by Gasteiger charge is 2.11. The molecule has 0 aliphatic rings. The number of benzene rings is 1. The summed E-state index contributed by atoms with van der Waals surface area (Å²) < 4.78 is 0. The average Bonchev–Trinajstić information content (AvgIpc) is 2.19. The van der Waals surface area contributed by atoms with Crippen LogP contribution in [-0.2, 0) is 9.59 Å². The van der Waals surface area contributed by atoms with E-state index in [1.807, 2.05) is 0 Å². The van der Waals surface area contributed by atoms with E-state index in [0.717, 1.165) is 5.56 Å². The second-order valence-corrected chi connectivity index (χ2v) is 3.67. The Balaban J connectivity index is 2.86. The Morgan fingerprint density at radius 1 is 1.41 bits per heavy atom. The molecule has 17 heavy (non-hydrogen) atoms. The Hall–Kier alpha value is -2.24. The standard InChI is InChI=1S/C11H14N2O4/c1-6-4-7(12)2-3-8(6)13-9(11(16)17)5-10(14)15/h2-4,9,13H,5,12H2,1H3,(H,14,15)(H,16,17)/p-2. The summed E-state index contributed by atoms with van der Waals surface area (Å²) in [6.45, 7) is 1.73. The summed E-state index contributed by atoms with van der Waals surface area (Å²) in [7, 11) is 0. The van der Waals surface area contributed by atoms with Gasteiger partial charge in [-0.3, -0.25) is 0 Å². The van der Waals surface area contributed by atoms with E-state index >= 15 is 0 Å². The fourth-order valence-electron chi connectivity index (χ4n) is 1.40. The highest BCUT2D eigenvalue weighted by atomic mass is 16.4. The molecule has 0 radical (unpaired) electrons. The van der Waals surface area contributed by atoms with Gasteiger partial charge in [0.2, 0.25) is 0 Å². The molecular weight excluding hydrogens is 224 g/mol. The molecule has 0 saturated carbocycles. The number of carboxylic acid groups (broad SMARTS) is 2. The second-order valence-electron chi connectivity index (χ2n) is 3.67. The minimum atomic E-state index is -1.49. The topological polar surface area (TPSA) is 118 Å². The molecule has 1 aromatic carbocycles. The van der Waals surface area contributed by atoms with Crippen LogP contribution >= 0.6 is 0 Å². The number of hydrogen-bond acceptors (Lipinski definition) is 6. The van der Waals surface area contributed by atoms with Gasteiger partial charge in [0.15, 0.2) is 0 Å². The van der Waals surface area contributed by atoms with Crippen LogP contribution in [0.5, 0.6) is 0 Å². The quantitative estimate of drug-likeness (QED) is 0.585. The predicted molar refractivity (Wildman–Crippen MR) is 57.6 cm³/mol. The van der Waals surface area contributed by atoms with Crippen molar-refractivity contribution in [2.45, 2.75) is 19.4 Å². The lowest BCUT2D eigenvalue weighted by Gasteiger charge is -2.22. The van der Waals surface area contributed by atoms with Crippen LogP contribution in [0.25, 0.3) is 0 Å². The lowest BCUT2D eigenvalue weighted by atomic mass is 10.1. The zero-order valence-electron chi connectivity index (χ0n) is 9.23. The number of nitrogen functional groups attached to an aromatic ring is 1. The first-order valence-corrected chi connectivity index (χ1v) is 4.93. The normalized spacial score (nSPS) is 11.8. The number of carbonyl (C=O) groups is 2. The van der Waals surface area contributed by atoms with E-state index in [1.165, 1.54) is 0 Å². The van der Waals surface area contributed by atoms with Gasteiger partial charge in [0, 0.05) is 23.8 Å². The molecule has 1 unspecified atom stereocenters. The minimum absolute atomic E-state index is 0.495. The summed E-state index contributed by atoms with van der Waals surface area (Å²) in [5.74, 6) is -2.95. The summed E-state index contributed by atoms with van der Waals surface area (Å²) in [6.07, 6.45) is -0.661. The van der Waals surface area contributed by atoms with Crippen LogP contribution in [0.15, 0.2) is 18.2 Å². The minimum Gasteiger partial charge on any atom is -0.550 e. The molecule has 6 heteroatoms. The largest absolute Gasteiger partial charge is 0.550 e. The fourth-order valence-corrected chi connectivity index (χ4v) is 1.40. The lowest BCUT2D eigenvalue weighted by molar-refractivity contribution is -0.316. The van der Waals surface area contributed by atoms with Gasteiger partial charge in [-0.1, -0.05) is 0 Å². The molecule has 0 amide bonds. The van der Waals surface area contributed by atoms with Gasteiger partial charge in [-0.2, -0.15) is 0 Å². The highest BCUT2D eigenvalue weighted by Crippen LogP contribution is 2.18. The Kier molecular flexibility index (Phi) is 3.92. The van der Waals surface area contributed by atoms with E-state index in [1.54, 1.807) is 25.1 Å². The van der Waals surface area contributed by atoms with Gasteiger partial charge in [0.1, 0.15) is 0 Å². The highest BCUT2D eigenvalue weighted by molar-refractivity contribution is 5.81. The second kappa shape index (κ2) is 5.20. The first-order chi connectivity index (χ1) is 7.90. The van der Waals surface area contributed by atoms with Crippen LogP contribution in [0.3, 0.4) is 0 Å². The van der Waals surface area contributed by atoms with Crippen molar-refractivity contribution in [1.82, 2.24) is 0 Å². The molecule has 3 N–H and O–H groups in total. The molecule has 92 valence electrons. The number of rotatable bonds is 5. The predicted octanol–water partition coefficient (Wildman–Crippen LogP) is -1.75. The third-order valence-corrected chi connectivity index (χ3v) is 2.24. The van der Waals surface area contributed by atoms with Crippen molar-refractivity contribution in [3.63, 3.8) is 0 Å². The molecule has 0 aromatic heterocycles. The van der Waals surface area contributed by atoms with Crippen LogP contribution in [0, 0.1) is 6.92 Å². The van der Waals surface area contributed by atoms with E-state index in [9.17, 15) is 19.8 Å². The van der Waals surface area contributed by atoms with Crippen molar-refractivity contribution in [2.75, 3.05) is 11.1 Å². The SMILES string of the molecule is Cc1cc(N)ccc1NC(CC(=O)[O-])C(=O)[O-]. The summed E-state index contributed by atoms with van der Waals surface area (Å²) >= 11 is 0. The van der Waals surface area contributed by atoms with E-state index in [2.05, 4.69) is 5.32 Å². The number of aryl methyl sites for hydroxylation is 1. The third kappa shape index (κ3) is 3.67. The number of anilines is 2. The smallest absolute Gasteiger partial charge is 0.0710 e. The zero-order valence-corrected chi connectivity index (χ0v) is 9.23. The van der Waals surface area contributed by atoms with Crippen molar-refractivity contribution in [1.29, 1.82) is 0 Å². The Labute approximate surface area is 98.1 Å². The average molecular weight is 236 g/mol. The van der Waals surface area contributed by atoms with Crippen molar-refractivity contribution in [3.8, 4) is 0 Å². The maximum atomic E-state index is 10.7. The Morgan fingerprint density at radius 2 is 2.06 bits per heavy atom. The number of carbonyl (C=O) groups excluding carboxylic acids is 2. The fraction of sp³-hybridized carbons (Fsp3) is 0.273. The maximum absolute atomic E-state index is 10.7. The Bertz CT molecular complexity index is 445. The first kappa shape index (κ1) is 12.8. The lowest BCUT2D eigenvalue weighted by Crippen LogP contribution is -2.44. The Morgan fingerprint density at radius 3 is 2.53 bits per heavy atom. The van der Waals surface area contributed by atoms with Crippen molar-refractivity contribution in [3.05, 3.63) is 23.8 Å². The molecule has 0 aliphatic heterocycles. The van der Waals surface area contributed by atoms with Crippen LogP contribution in [0.4, 0.5) is 11.4 Å². The third-order valence-electron chi connectivity index (χ3n) is 2.24. The van der Waals surface area contributed by atoms with E-state index in [4.69, 9.17) is 5.73 Å². The van der Waals surface area contributed by atoms with Gasteiger partial charge in [-0.25, -0.2) is 0 Å². The van der Waals surface area contributed by atoms with Gasteiger partial charge >= 0.3 is 0 Å². The summed E-state index contributed by atoms with van der Waals surface area (Å²) in [6, 6.07) is 3.48. The van der Waals surface area contributed by atoms with Crippen molar-refractivity contribution in [2.24, 2.45) is 0 Å². The first-order valence-electron chi connectivity index (χ1n) is 4.93. The van der Waals surface area contributed by atoms with Gasteiger partial charge in [0.25, 0.3) is 0 Å². The molecular formula is C11H12N2O4-2. The molecule has 0 heterocycles. The maximum Gasteiger partial charge on any atom is 0.0710 e. The molecule has 0 spiro atoms. The molecule has 1 rings (SSSR count). The van der Waals surface area contributed by atoms with Crippen LogP contribution in [0.2, 0.25) is 0 Å². The summed E-state index contributed by atoms with van der Waals surface area (Å²) in [5, 5.41) is 23.7. The van der Waals surface area contributed by atoms with Gasteiger partial charge in [-0.05, 0) is 30.7 Å². The van der Waals surface area contributed by atoms with Crippen LogP contribution < -0.4 is 21.3 Å². The molecule has 0 fully saturated rings. The van der Waals surface area contributed by atoms with E-state index in [0.29, 0.717) is 11.4 Å². The molecule has 6 nitrogen and oxygen atoms in total. The zero-order chi connectivity index (χ0) is 13.0. The van der Waals surface area contributed by atoms with Crippen LogP contribution in [-0.4, -0.2) is 18.0 Å². The molecule has 0 bridgehead atoms.